The van der Waals surface area contributed by atoms with Crippen LogP contribution in [0.1, 0.15) is 45.5 Å². The summed E-state index contributed by atoms with van der Waals surface area (Å²) in [5.74, 6) is 0.889. The topological polar surface area (TPSA) is 157 Å². The van der Waals surface area contributed by atoms with Crippen LogP contribution in [-0.2, 0) is 9.53 Å². The molecule has 0 bridgehead atoms. The summed E-state index contributed by atoms with van der Waals surface area (Å²) in [5, 5.41) is 8.03. The van der Waals surface area contributed by atoms with Gasteiger partial charge in [-0.3, -0.25) is 10.1 Å². The summed E-state index contributed by atoms with van der Waals surface area (Å²) in [6, 6.07) is 15.1. The maximum Gasteiger partial charge on any atom is 0.407 e. The molecular weight excluding hydrogens is 560 g/mol. The molecule has 4 aromatic rings. The molecule has 0 spiro atoms. The fourth-order valence-electron chi connectivity index (χ4n) is 5.37. The highest BCUT2D eigenvalue weighted by molar-refractivity contribution is 5.88. The Balaban J connectivity index is 1.25. The first kappa shape index (κ1) is 30.3. The van der Waals surface area contributed by atoms with Gasteiger partial charge in [0, 0.05) is 13.1 Å². The molecule has 230 valence electrons. The average Bonchev–Trinajstić information content (AvgIpc) is 3.81. The van der Waals surface area contributed by atoms with Crippen LogP contribution in [0.3, 0.4) is 0 Å². The van der Waals surface area contributed by atoms with Crippen molar-refractivity contribution in [2.45, 2.75) is 45.7 Å². The van der Waals surface area contributed by atoms with Crippen molar-refractivity contribution in [3.05, 3.63) is 66.7 Å². The number of hydrogen-bond acceptors (Lipinski definition) is 6. The number of ether oxygens (including phenoxy) is 1. The SMILES string of the molecule is CCNC(=O)Nc1ncc(-c2ccc(-c3ccc(-c4cnc(C5CCCN5C(=O)C(NC(=O)OC)C(C)C)[nH]4)cc3)cc2)[nH]1. The Kier molecular flexibility index (Phi) is 9.27. The summed E-state index contributed by atoms with van der Waals surface area (Å²) in [5.41, 5.74) is 5.73. The van der Waals surface area contributed by atoms with E-state index in [9.17, 15) is 14.4 Å². The number of H-pyrrole nitrogens is 2. The van der Waals surface area contributed by atoms with Gasteiger partial charge in [0.15, 0.2) is 0 Å². The Morgan fingerprint density at radius 2 is 1.52 bits per heavy atom. The van der Waals surface area contributed by atoms with Gasteiger partial charge in [-0.05, 0) is 47.9 Å². The highest BCUT2D eigenvalue weighted by atomic mass is 16.5. The second-order valence-electron chi connectivity index (χ2n) is 11.0. The van der Waals surface area contributed by atoms with Crippen molar-refractivity contribution in [3.63, 3.8) is 0 Å². The third-order valence-corrected chi connectivity index (χ3v) is 7.71. The molecule has 2 atom stereocenters. The van der Waals surface area contributed by atoms with E-state index >= 15 is 0 Å². The lowest BCUT2D eigenvalue weighted by molar-refractivity contribution is -0.135. The number of nitrogens with zero attached hydrogens (tertiary/aromatic N) is 3. The smallest absolute Gasteiger partial charge is 0.407 e. The van der Waals surface area contributed by atoms with Gasteiger partial charge in [0.1, 0.15) is 11.9 Å². The van der Waals surface area contributed by atoms with Crippen LogP contribution >= 0.6 is 0 Å². The summed E-state index contributed by atoms with van der Waals surface area (Å²) in [6.07, 6.45) is 4.52. The van der Waals surface area contributed by atoms with Crippen LogP contribution in [0.25, 0.3) is 33.6 Å². The monoisotopic (exact) mass is 598 g/mol. The van der Waals surface area contributed by atoms with E-state index in [0.29, 0.717) is 19.0 Å². The highest BCUT2D eigenvalue weighted by Crippen LogP contribution is 2.33. The van der Waals surface area contributed by atoms with E-state index in [1.165, 1.54) is 7.11 Å². The average molecular weight is 599 g/mol. The molecule has 3 heterocycles. The lowest BCUT2D eigenvalue weighted by Gasteiger charge is -2.30. The normalized spacial score (nSPS) is 15.2. The van der Waals surface area contributed by atoms with Crippen LogP contribution in [0, 0.1) is 5.92 Å². The summed E-state index contributed by atoms with van der Waals surface area (Å²) in [7, 11) is 1.29. The quantitative estimate of drug-likeness (QED) is 0.176. The van der Waals surface area contributed by atoms with Crippen LogP contribution in [-0.4, -0.2) is 69.1 Å². The minimum absolute atomic E-state index is 0.0922. The molecule has 12 heteroatoms. The highest BCUT2D eigenvalue weighted by Gasteiger charge is 2.37. The van der Waals surface area contributed by atoms with E-state index in [4.69, 9.17) is 4.74 Å². The maximum atomic E-state index is 13.4. The number of nitrogens with one attached hydrogen (secondary N) is 5. The summed E-state index contributed by atoms with van der Waals surface area (Å²) in [6.45, 7) is 6.79. The predicted octanol–water partition coefficient (Wildman–Crippen LogP) is 5.32. The number of carbonyl (C=O) groups is 3. The van der Waals surface area contributed by atoms with Crippen molar-refractivity contribution in [2.75, 3.05) is 25.5 Å². The van der Waals surface area contributed by atoms with Gasteiger partial charge in [-0.15, -0.1) is 0 Å². The predicted molar refractivity (Wildman–Crippen MR) is 168 cm³/mol. The Labute approximate surface area is 256 Å². The number of anilines is 1. The second kappa shape index (κ2) is 13.4. The molecule has 1 aliphatic rings. The third kappa shape index (κ3) is 6.74. The van der Waals surface area contributed by atoms with Crippen molar-refractivity contribution < 1.29 is 19.1 Å². The third-order valence-electron chi connectivity index (χ3n) is 7.71. The molecule has 2 aromatic carbocycles. The van der Waals surface area contributed by atoms with E-state index in [0.717, 1.165) is 52.3 Å². The molecule has 44 heavy (non-hydrogen) atoms. The number of rotatable bonds is 9. The van der Waals surface area contributed by atoms with Crippen molar-refractivity contribution in [1.82, 2.24) is 35.5 Å². The summed E-state index contributed by atoms with van der Waals surface area (Å²) in [4.78, 5) is 54.2. The fourth-order valence-corrected chi connectivity index (χ4v) is 5.37. The molecule has 0 aliphatic carbocycles. The van der Waals surface area contributed by atoms with Crippen molar-refractivity contribution in [1.29, 1.82) is 0 Å². The number of likely N-dealkylation sites (tertiary alicyclic amines) is 1. The zero-order valence-electron chi connectivity index (χ0n) is 25.3. The molecule has 2 unspecified atom stereocenters. The number of hydrogen-bond donors (Lipinski definition) is 5. The van der Waals surface area contributed by atoms with Gasteiger partial charge in [-0.1, -0.05) is 62.4 Å². The minimum atomic E-state index is -0.674. The number of benzene rings is 2. The maximum absolute atomic E-state index is 13.4. The van der Waals surface area contributed by atoms with Crippen LogP contribution in [0.5, 0.6) is 0 Å². The zero-order valence-corrected chi connectivity index (χ0v) is 25.3. The van der Waals surface area contributed by atoms with E-state index in [1.54, 1.807) is 17.3 Å². The van der Waals surface area contributed by atoms with Gasteiger partial charge in [0.05, 0.1) is 36.9 Å². The molecule has 5 rings (SSSR count). The van der Waals surface area contributed by atoms with Gasteiger partial charge < -0.3 is 30.2 Å². The Morgan fingerprint density at radius 1 is 0.932 bits per heavy atom. The van der Waals surface area contributed by atoms with Gasteiger partial charge in [0.25, 0.3) is 0 Å². The van der Waals surface area contributed by atoms with Gasteiger partial charge in [-0.25, -0.2) is 19.6 Å². The minimum Gasteiger partial charge on any atom is -0.453 e. The van der Waals surface area contributed by atoms with Gasteiger partial charge in [-0.2, -0.15) is 0 Å². The fraction of sp³-hybridized carbons (Fsp3) is 0.344. The molecular formula is C32H38N8O4. The van der Waals surface area contributed by atoms with Crippen LogP contribution < -0.4 is 16.0 Å². The van der Waals surface area contributed by atoms with Gasteiger partial charge in [0.2, 0.25) is 11.9 Å². The molecule has 1 fully saturated rings. The first-order valence-corrected chi connectivity index (χ1v) is 14.8. The van der Waals surface area contributed by atoms with Crippen LogP contribution in [0.2, 0.25) is 0 Å². The zero-order chi connectivity index (χ0) is 31.2. The van der Waals surface area contributed by atoms with Crippen LogP contribution in [0.15, 0.2) is 60.9 Å². The number of imidazole rings is 2. The van der Waals surface area contributed by atoms with Crippen molar-refractivity contribution in [2.24, 2.45) is 5.92 Å². The molecule has 0 radical (unpaired) electrons. The Hall–Kier alpha value is -5.13. The number of amides is 4. The Morgan fingerprint density at radius 3 is 2.11 bits per heavy atom. The standard InChI is InChI=1S/C32H38N8O4/c1-5-33-31(42)39-30-35-18-25(37-30)23-14-10-21(11-15-23)20-8-12-22(13-9-20)24-17-34-28(36-24)26-7-6-16-40(26)29(41)27(19(2)3)38-32(43)44-4/h8-15,17-19,26-27H,5-7,16H2,1-4H3,(H,34,36)(H,38,43)(H3,33,35,37,39,42). The molecule has 4 amide bonds. The van der Waals surface area contributed by atoms with E-state index in [-0.39, 0.29) is 23.9 Å². The van der Waals surface area contributed by atoms with Crippen molar-refractivity contribution >= 4 is 24.0 Å². The van der Waals surface area contributed by atoms with E-state index in [2.05, 4.69) is 48.0 Å². The Bertz CT molecular complexity index is 1590. The van der Waals surface area contributed by atoms with E-state index < -0.39 is 12.1 Å². The molecule has 5 N–H and O–H groups in total. The number of methoxy groups -OCH3 is 1. The second-order valence-corrected chi connectivity index (χ2v) is 11.0. The first-order chi connectivity index (χ1) is 21.3. The number of aromatic nitrogens is 4. The molecule has 2 aromatic heterocycles. The summed E-state index contributed by atoms with van der Waals surface area (Å²) >= 11 is 0. The van der Waals surface area contributed by atoms with E-state index in [1.807, 2.05) is 57.2 Å². The largest absolute Gasteiger partial charge is 0.453 e. The number of urea groups is 1. The molecule has 1 aliphatic heterocycles. The number of aromatic amines is 2. The van der Waals surface area contributed by atoms with Crippen molar-refractivity contribution in [3.8, 4) is 33.6 Å². The molecule has 0 saturated carbocycles. The first-order valence-electron chi connectivity index (χ1n) is 14.8. The molecule has 1 saturated heterocycles. The summed E-state index contributed by atoms with van der Waals surface area (Å²) < 4.78 is 4.73. The lowest BCUT2D eigenvalue weighted by Crippen LogP contribution is -2.51. The lowest BCUT2D eigenvalue weighted by atomic mass is 10.0. The number of carbonyl (C=O) groups excluding carboxylic acids is 3. The number of alkyl carbamates (subject to hydrolysis) is 1. The van der Waals surface area contributed by atoms with Gasteiger partial charge >= 0.3 is 12.1 Å². The molecule has 12 nitrogen and oxygen atoms in total. The van der Waals surface area contributed by atoms with Crippen LogP contribution in [0.4, 0.5) is 15.5 Å².